The normalized spacial score (nSPS) is 19.2. The third-order valence-electron chi connectivity index (χ3n) is 3.82. The summed E-state index contributed by atoms with van der Waals surface area (Å²) in [5.41, 5.74) is 9.39. The molecule has 0 spiro atoms. The van der Waals surface area contributed by atoms with Crippen molar-refractivity contribution in [1.82, 2.24) is 4.98 Å². The van der Waals surface area contributed by atoms with Crippen LogP contribution in [0.4, 0.5) is 11.4 Å². The largest absolute Gasteiger partial charge is 0.397 e. The van der Waals surface area contributed by atoms with Gasteiger partial charge in [-0.1, -0.05) is 13.8 Å². The molecule has 0 amide bonds. The van der Waals surface area contributed by atoms with E-state index >= 15 is 0 Å². The van der Waals surface area contributed by atoms with Crippen LogP contribution in [0.3, 0.4) is 0 Å². The lowest BCUT2D eigenvalue weighted by Crippen LogP contribution is -2.27. The first-order chi connectivity index (χ1) is 9.44. The van der Waals surface area contributed by atoms with Crippen LogP contribution in [-0.2, 0) is 0 Å². The van der Waals surface area contributed by atoms with Gasteiger partial charge in [-0.15, -0.1) is 11.3 Å². The van der Waals surface area contributed by atoms with Crippen LogP contribution < -0.4 is 10.6 Å². The van der Waals surface area contributed by atoms with Crippen molar-refractivity contribution in [3.8, 4) is 0 Å². The second kappa shape index (κ2) is 5.11. The van der Waals surface area contributed by atoms with Crippen LogP contribution >= 0.6 is 23.1 Å². The molecule has 0 unspecified atom stereocenters. The molecule has 3 rings (SSSR count). The molecule has 0 aliphatic carbocycles. The summed E-state index contributed by atoms with van der Waals surface area (Å²) in [7, 11) is 0. The highest BCUT2D eigenvalue weighted by Crippen LogP contribution is 2.36. The molecule has 0 atom stereocenters. The number of aryl methyl sites for hydroxylation is 1. The van der Waals surface area contributed by atoms with E-state index in [1.165, 1.54) is 11.1 Å². The first-order valence-electron chi connectivity index (χ1n) is 7.00. The van der Waals surface area contributed by atoms with E-state index in [4.69, 9.17) is 5.73 Å². The number of benzene rings is 1. The molecule has 0 saturated carbocycles. The smallest absolute Gasteiger partial charge is 0.0907 e. The van der Waals surface area contributed by atoms with Gasteiger partial charge in [-0.2, -0.15) is 11.8 Å². The number of fused-ring (bicyclic) bond motifs is 1. The van der Waals surface area contributed by atoms with E-state index in [0.29, 0.717) is 4.75 Å². The SMILES string of the molecule is Cc1nc2cc(N3CCSC(C)(C)CC3)c(N)cc2s1. The summed E-state index contributed by atoms with van der Waals surface area (Å²) in [5, 5.41) is 1.10. The molecule has 108 valence electrons. The summed E-state index contributed by atoms with van der Waals surface area (Å²) in [6, 6.07) is 4.25. The van der Waals surface area contributed by atoms with Gasteiger partial charge in [0.1, 0.15) is 0 Å². The standard InChI is InChI=1S/C15H21N3S2/c1-10-17-12-9-13(11(16)8-14(12)20-10)18-5-4-15(2,3)19-7-6-18/h8-9H,4-7,16H2,1-3H3. The maximum atomic E-state index is 6.28. The van der Waals surface area contributed by atoms with Gasteiger partial charge >= 0.3 is 0 Å². The molecule has 1 saturated heterocycles. The number of hydrogen-bond donors (Lipinski definition) is 1. The second-order valence-corrected chi connectivity index (χ2v) is 8.99. The molecule has 1 aliphatic rings. The average Bonchev–Trinajstić information content (AvgIpc) is 2.61. The van der Waals surface area contributed by atoms with Crippen molar-refractivity contribution < 1.29 is 0 Å². The van der Waals surface area contributed by atoms with Crippen LogP contribution in [-0.4, -0.2) is 28.6 Å². The summed E-state index contributed by atoms with van der Waals surface area (Å²) >= 11 is 3.77. The second-order valence-electron chi connectivity index (χ2n) is 5.96. The van der Waals surface area contributed by atoms with Crippen LogP contribution in [0, 0.1) is 6.92 Å². The lowest BCUT2D eigenvalue weighted by Gasteiger charge is -2.25. The predicted molar refractivity (Wildman–Crippen MR) is 92.1 cm³/mol. The summed E-state index contributed by atoms with van der Waals surface area (Å²) in [6.45, 7) is 8.84. The van der Waals surface area contributed by atoms with E-state index in [2.05, 4.69) is 47.6 Å². The first-order valence-corrected chi connectivity index (χ1v) is 8.80. The van der Waals surface area contributed by atoms with Gasteiger partial charge in [0.25, 0.3) is 0 Å². The van der Waals surface area contributed by atoms with Crippen molar-refractivity contribution in [2.24, 2.45) is 0 Å². The molecule has 20 heavy (non-hydrogen) atoms. The van der Waals surface area contributed by atoms with Gasteiger partial charge in [0.2, 0.25) is 0 Å². The van der Waals surface area contributed by atoms with Gasteiger partial charge in [-0.3, -0.25) is 0 Å². The topological polar surface area (TPSA) is 42.2 Å². The van der Waals surface area contributed by atoms with Gasteiger partial charge in [0.05, 0.1) is 26.6 Å². The highest BCUT2D eigenvalue weighted by Gasteiger charge is 2.24. The number of thiazole rings is 1. The fraction of sp³-hybridized carbons (Fsp3) is 0.533. The lowest BCUT2D eigenvalue weighted by molar-refractivity contribution is 0.638. The van der Waals surface area contributed by atoms with E-state index in [0.717, 1.165) is 40.7 Å². The van der Waals surface area contributed by atoms with E-state index in [9.17, 15) is 0 Å². The highest BCUT2D eigenvalue weighted by molar-refractivity contribution is 8.00. The van der Waals surface area contributed by atoms with E-state index < -0.39 is 0 Å². The summed E-state index contributed by atoms with van der Waals surface area (Å²) in [4.78, 5) is 7.01. The molecular formula is C15H21N3S2. The maximum Gasteiger partial charge on any atom is 0.0907 e. The molecule has 1 aromatic heterocycles. The van der Waals surface area contributed by atoms with Crippen molar-refractivity contribution in [3.63, 3.8) is 0 Å². The van der Waals surface area contributed by atoms with E-state index in [1.54, 1.807) is 11.3 Å². The van der Waals surface area contributed by atoms with Crippen molar-refractivity contribution in [1.29, 1.82) is 0 Å². The Morgan fingerprint density at radius 2 is 2.10 bits per heavy atom. The van der Waals surface area contributed by atoms with E-state index in [1.807, 2.05) is 6.92 Å². The zero-order valence-corrected chi connectivity index (χ0v) is 13.9. The fourth-order valence-corrected chi connectivity index (χ4v) is 4.59. The molecule has 1 aliphatic heterocycles. The Bertz CT molecular complexity index is 633. The third kappa shape index (κ3) is 2.74. The predicted octanol–water partition coefficient (Wildman–Crippen LogP) is 3.91. The Morgan fingerprint density at radius 3 is 2.90 bits per heavy atom. The van der Waals surface area contributed by atoms with Crippen LogP contribution in [0.15, 0.2) is 12.1 Å². The number of hydrogen-bond acceptors (Lipinski definition) is 5. The Kier molecular flexibility index (Phi) is 3.58. The van der Waals surface area contributed by atoms with Crippen molar-refractivity contribution >= 4 is 44.7 Å². The molecule has 2 aromatic rings. The molecule has 2 heterocycles. The minimum Gasteiger partial charge on any atom is -0.397 e. The highest BCUT2D eigenvalue weighted by atomic mass is 32.2. The van der Waals surface area contributed by atoms with Gasteiger partial charge in [-0.05, 0) is 25.5 Å². The molecule has 2 N–H and O–H groups in total. The molecule has 5 heteroatoms. The van der Waals surface area contributed by atoms with Crippen molar-refractivity contribution in [2.75, 3.05) is 29.5 Å². The molecule has 3 nitrogen and oxygen atoms in total. The number of thioether (sulfide) groups is 1. The number of aromatic nitrogens is 1. The lowest BCUT2D eigenvalue weighted by atomic mass is 10.1. The Balaban J connectivity index is 1.94. The number of rotatable bonds is 1. The number of anilines is 2. The monoisotopic (exact) mass is 307 g/mol. The van der Waals surface area contributed by atoms with E-state index in [-0.39, 0.29) is 0 Å². The van der Waals surface area contributed by atoms with Crippen LogP contribution in [0.1, 0.15) is 25.3 Å². The minimum atomic E-state index is 0.366. The van der Waals surface area contributed by atoms with Crippen LogP contribution in [0.5, 0.6) is 0 Å². The molecule has 0 radical (unpaired) electrons. The molecule has 1 aromatic carbocycles. The summed E-state index contributed by atoms with van der Waals surface area (Å²) < 4.78 is 1.55. The number of nitrogens with zero attached hydrogens (tertiary/aromatic N) is 2. The van der Waals surface area contributed by atoms with Gasteiger partial charge < -0.3 is 10.6 Å². The van der Waals surface area contributed by atoms with Gasteiger partial charge in [0.15, 0.2) is 0 Å². The number of nitrogen functional groups attached to an aromatic ring is 1. The third-order valence-corrected chi connectivity index (χ3v) is 6.13. The first kappa shape index (κ1) is 14.0. The van der Waals surface area contributed by atoms with Crippen LogP contribution in [0.25, 0.3) is 10.2 Å². The maximum absolute atomic E-state index is 6.28. The Morgan fingerprint density at radius 1 is 1.30 bits per heavy atom. The zero-order chi connectivity index (χ0) is 14.3. The van der Waals surface area contributed by atoms with Crippen LogP contribution in [0.2, 0.25) is 0 Å². The Hall–Kier alpha value is -0.940. The summed E-state index contributed by atoms with van der Waals surface area (Å²) in [5.74, 6) is 1.15. The zero-order valence-electron chi connectivity index (χ0n) is 12.3. The quantitative estimate of drug-likeness (QED) is 0.811. The minimum absolute atomic E-state index is 0.366. The van der Waals surface area contributed by atoms with Crippen molar-refractivity contribution in [3.05, 3.63) is 17.1 Å². The van der Waals surface area contributed by atoms with Gasteiger partial charge in [0, 0.05) is 23.6 Å². The Labute approximate surface area is 128 Å². The van der Waals surface area contributed by atoms with Crippen molar-refractivity contribution in [2.45, 2.75) is 31.9 Å². The summed E-state index contributed by atoms with van der Waals surface area (Å²) in [6.07, 6.45) is 1.19. The molecule has 0 bridgehead atoms. The molecule has 1 fully saturated rings. The van der Waals surface area contributed by atoms with Gasteiger partial charge in [-0.25, -0.2) is 4.98 Å². The molecular weight excluding hydrogens is 286 g/mol. The number of nitrogens with two attached hydrogens (primary N) is 1. The average molecular weight is 307 g/mol. The fourth-order valence-electron chi connectivity index (χ4n) is 2.63.